The minimum Gasteiger partial charge on any atom is -0.346 e. The quantitative estimate of drug-likeness (QED) is 0.193. The van der Waals surface area contributed by atoms with Crippen molar-refractivity contribution < 1.29 is 31.1 Å². The molecule has 1 amide bonds. The van der Waals surface area contributed by atoms with Gasteiger partial charge in [-0.05, 0) is 65.6 Å². The molecule has 2 aromatic carbocycles. The monoisotopic (exact) mass is 607 g/mol. The first kappa shape index (κ1) is 28.1. The molecule has 0 aliphatic heterocycles. The van der Waals surface area contributed by atoms with Gasteiger partial charge in [0.05, 0.1) is 11.7 Å². The number of alkyl halides is 4. The van der Waals surface area contributed by atoms with Crippen LogP contribution in [0.3, 0.4) is 0 Å². The molecular weight excluding hydrogens is 584 g/mol. The summed E-state index contributed by atoms with van der Waals surface area (Å²) < 4.78 is 86.6. The number of nitrogens with one attached hydrogen (secondary N) is 1. The third kappa shape index (κ3) is 4.87. The zero-order valence-electron chi connectivity index (χ0n) is 22.8. The van der Waals surface area contributed by atoms with Gasteiger partial charge in [0, 0.05) is 47.1 Å². The van der Waals surface area contributed by atoms with Crippen molar-refractivity contribution in [3.8, 4) is 11.1 Å². The number of hydrogen-bond donors (Lipinski definition) is 1. The molecule has 3 aromatic heterocycles. The largest absolute Gasteiger partial charge is 0.346 e. The van der Waals surface area contributed by atoms with E-state index in [-0.39, 0.29) is 24.0 Å². The van der Waals surface area contributed by atoms with E-state index in [1.54, 1.807) is 24.5 Å². The Kier molecular flexibility index (Phi) is 6.67. The predicted octanol–water partition coefficient (Wildman–Crippen LogP) is 7.02. The maximum atomic E-state index is 15.1. The fraction of sp³-hybridized carbons (Fsp3) is 0.250. The van der Waals surface area contributed by atoms with Gasteiger partial charge < -0.3 is 5.32 Å². The van der Waals surface area contributed by atoms with Crippen LogP contribution in [0.1, 0.15) is 53.0 Å². The molecule has 2 unspecified atom stereocenters. The Morgan fingerprint density at radius 3 is 2.57 bits per heavy atom. The van der Waals surface area contributed by atoms with Crippen molar-refractivity contribution in [2.24, 2.45) is 5.92 Å². The number of pyridine rings is 2. The second kappa shape index (κ2) is 10.5. The van der Waals surface area contributed by atoms with Gasteiger partial charge in [0.25, 0.3) is 12.3 Å². The average molecular weight is 608 g/mol. The van der Waals surface area contributed by atoms with E-state index in [9.17, 15) is 22.4 Å². The van der Waals surface area contributed by atoms with Crippen molar-refractivity contribution in [3.63, 3.8) is 0 Å². The highest BCUT2D eigenvalue weighted by Crippen LogP contribution is 2.68. The SMILES string of the molecule is O=C(Cn1nc(C(F)F)c2c1C(F)(F)C1CC21)N[C@@H](Cc1cc(F)cc(F)c1)c1ncccc1-c1ccc2cnccc2c1. The highest BCUT2D eigenvalue weighted by molar-refractivity contribution is 5.87. The van der Waals surface area contributed by atoms with Crippen molar-refractivity contribution >= 4 is 16.7 Å². The number of amides is 1. The number of hydrogen-bond acceptors (Lipinski definition) is 4. The summed E-state index contributed by atoms with van der Waals surface area (Å²) >= 11 is 0. The van der Waals surface area contributed by atoms with Gasteiger partial charge in [-0.2, -0.15) is 13.9 Å². The lowest BCUT2D eigenvalue weighted by molar-refractivity contribution is -0.123. The van der Waals surface area contributed by atoms with Crippen LogP contribution < -0.4 is 5.32 Å². The second-order valence-corrected chi connectivity index (χ2v) is 11.2. The van der Waals surface area contributed by atoms with E-state index in [2.05, 4.69) is 20.4 Å². The fourth-order valence-electron chi connectivity index (χ4n) is 6.32. The van der Waals surface area contributed by atoms with Gasteiger partial charge in [-0.1, -0.05) is 18.2 Å². The van der Waals surface area contributed by atoms with E-state index in [1.165, 1.54) is 6.20 Å². The van der Waals surface area contributed by atoms with E-state index in [0.29, 0.717) is 15.9 Å². The molecule has 1 saturated carbocycles. The molecule has 0 bridgehead atoms. The predicted molar refractivity (Wildman–Crippen MR) is 148 cm³/mol. The van der Waals surface area contributed by atoms with Crippen molar-refractivity contribution in [2.45, 2.75) is 43.7 Å². The van der Waals surface area contributed by atoms with Crippen molar-refractivity contribution in [2.75, 3.05) is 0 Å². The lowest BCUT2D eigenvalue weighted by Crippen LogP contribution is -2.35. The topological polar surface area (TPSA) is 72.7 Å². The van der Waals surface area contributed by atoms with Crippen LogP contribution in [0.15, 0.2) is 73.2 Å². The molecule has 2 aliphatic carbocycles. The maximum absolute atomic E-state index is 15.1. The summed E-state index contributed by atoms with van der Waals surface area (Å²) in [6.07, 6.45) is 1.77. The van der Waals surface area contributed by atoms with Gasteiger partial charge >= 0.3 is 0 Å². The van der Waals surface area contributed by atoms with Crippen molar-refractivity contribution in [1.82, 2.24) is 25.1 Å². The lowest BCUT2D eigenvalue weighted by atomic mass is 9.94. The summed E-state index contributed by atoms with van der Waals surface area (Å²) in [6.45, 7) is -0.761. The average Bonchev–Trinajstić information content (AvgIpc) is 3.64. The molecule has 12 heteroatoms. The summed E-state index contributed by atoms with van der Waals surface area (Å²) in [5, 5.41) is 8.26. The van der Waals surface area contributed by atoms with E-state index >= 15 is 8.78 Å². The lowest BCUT2D eigenvalue weighted by Gasteiger charge is -2.22. The molecule has 2 aliphatic rings. The van der Waals surface area contributed by atoms with Crippen LogP contribution >= 0.6 is 0 Å². The van der Waals surface area contributed by atoms with Crippen LogP contribution in [0.5, 0.6) is 0 Å². The van der Waals surface area contributed by atoms with E-state index in [4.69, 9.17) is 0 Å². The Labute approximate surface area is 246 Å². The van der Waals surface area contributed by atoms with Gasteiger partial charge in [-0.25, -0.2) is 17.6 Å². The molecule has 5 aromatic rings. The summed E-state index contributed by atoms with van der Waals surface area (Å²) in [7, 11) is 0. The Bertz CT molecular complexity index is 1900. The van der Waals surface area contributed by atoms with Crippen molar-refractivity contribution in [3.05, 3.63) is 113 Å². The fourth-order valence-corrected chi connectivity index (χ4v) is 6.32. The van der Waals surface area contributed by atoms with Crippen LogP contribution in [0.4, 0.5) is 26.3 Å². The molecule has 7 rings (SSSR count). The minimum atomic E-state index is -3.39. The van der Waals surface area contributed by atoms with Gasteiger partial charge in [0.15, 0.2) is 0 Å². The molecule has 0 spiro atoms. The van der Waals surface area contributed by atoms with Crippen LogP contribution in [-0.4, -0.2) is 25.7 Å². The molecule has 1 N–H and O–H groups in total. The zero-order chi connectivity index (χ0) is 30.7. The molecular formula is C32H23F6N5O. The summed E-state index contributed by atoms with van der Waals surface area (Å²) in [5.74, 6) is -7.62. The summed E-state index contributed by atoms with van der Waals surface area (Å²) in [5.41, 5.74) is 0.347. The Hall–Kier alpha value is -4.74. The Balaban J connectivity index is 1.25. The third-order valence-electron chi connectivity index (χ3n) is 8.28. The maximum Gasteiger partial charge on any atom is 0.293 e. The van der Waals surface area contributed by atoms with E-state index < -0.39 is 65.7 Å². The molecule has 44 heavy (non-hydrogen) atoms. The molecule has 0 saturated heterocycles. The molecule has 1 fully saturated rings. The van der Waals surface area contributed by atoms with E-state index in [0.717, 1.165) is 34.5 Å². The highest BCUT2D eigenvalue weighted by atomic mass is 19.3. The molecule has 0 radical (unpaired) electrons. The first-order valence-corrected chi connectivity index (χ1v) is 13.9. The Morgan fingerprint density at radius 1 is 1.00 bits per heavy atom. The Morgan fingerprint density at radius 2 is 1.80 bits per heavy atom. The molecule has 3 heterocycles. The number of rotatable bonds is 8. The van der Waals surface area contributed by atoms with Gasteiger partial charge in [0.1, 0.15) is 29.6 Å². The first-order valence-electron chi connectivity index (χ1n) is 13.9. The number of benzene rings is 2. The second-order valence-electron chi connectivity index (χ2n) is 11.2. The van der Waals surface area contributed by atoms with Gasteiger partial charge in [-0.3, -0.25) is 19.4 Å². The van der Waals surface area contributed by atoms with Crippen LogP contribution in [0.2, 0.25) is 0 Å². The number of carbonyl (C=O) groups is 1. The number of carbonyl (C=O) groups excluding carboxylic acids is 1. The number of nitrogens with zero attached hydrogens (tertiary/aromatic N) is 4. The standard InChI is InChI=1S/C32H23F6N5O/c33-20-8-16(9-21(34)12-20)10-25(28-22(2-1-6-40-28)18-3-4-19-14-39-7-5-17(19)11-18)41-26(44)15-43-30-27(29(42-43)31(35)36)23-13-24(23)32(30,37)38/h1-9,11-12,14,23-25,31H,10,13,15H2,(H,41,44)/t23?,24?,25-/m0/s1. The number of aromatic nitrogens is 4. The summed E-state index contributed by atoms with van der Waals surface area (Å²) in [4.78, 5) is 22.1. The van der Waals surface area contributed by atoms with Gasteiger partial charge in [0.2, 0.25) is 5.91 Å². The minimum absolute atomic E-state index is 0.0949. The number of fused-ring (bicyclic) bond motifs is 4. The van der Waals surface area contributed by atoms with E-state index in [1.807, 2.05) is 24.3 Å². The first-order chi connectivity index (χ1) is 21.1. The van der Waals surface area contributed by atoms with Crippen molar-refractivity contribution in [1.29, 1.82) is 0 Å². The third-order valence-corrected chi connectivity index (χ3v) is 8.28. The van der Waals surface area contributed by atoms with Gasteiger partial charge in [-0.15, -0.1) is 0 Å². The van der Waals surface area contributed by atoms with Crippen LogP contribution in [0, 0.1) is 17.6 Å². The molecule has 6 nitrogen and oxygen atoms in total. The highest BCUT2D eigenvalue weighted by Gasteiger charge is 2.67. The van der Waals surface area contributed by atoms with Crippen LogP contribution in [-0.2, 0) is 23.7 Å². The number of halogens is 6. The zero-order valence-corrected chi connectivity index (χ0v) is 22.8. The molecule has 3 atom stereocenters. The summed E-state index contributed by atoms with van der Waals surface area (Å²) in [6, 6.07) is 12.9. The van der Waals surface area contributed by atoms with Crippen LogP contribution in [0.25, 0.3) is 21.9 Å². The smallest absolute Gasteiger partial charge is 0.293 e. The molecule has 224 valence electrons. The normalized spacial score (nSPS) is 18.7.